The highest BCUT2D eigenvalue weighted by Gasteiger charge is 2.13. The summed E-state index contributed by atoms with van der Waals surface area (Å²) in [4.78, 5) is 23.9. The van der Waals surface area contributed by atoms with E-state index in [1.165, 1.54) is 11.6 Å². The minimum absolute atomic E-state index is 0. The summed E-state index contributed by atoms with van der Waals surface area (Å²) < 4.78 is 26.0. The number of nitrogens with one attached hydrogen (secondary N) is 1. The van der Waals surface area contributed by atoms with Crippen LogP contribution in [0.1, 0.15) is 60.1 Å². The van der Waals surface area contributed by atoms with E-state index >= 15 is 0 Å². The Morgan fingerprint density at radius 3 is 2.14 bits per heavy atom. The molecule has 0 aliphatic heterocycles. The molecular weight excluding hydrogens is 386 g/mol. The van der Waals surface area contributed by atoms with E-state index in [4.69, 9.17) is 5.73 Å². The van der Waals surface area contributed by atoms with E-state index in [1.54, 1.807) is 0 Å². The van der Waals surface area contributed by atoms with Gasteiger partial charge in [-0.05, 0) is 35.2 Å². The summed E-state index contributed by atoms with van der Waals surface area (Å²) >= 11 is 0. The average molecular weight is 411 g/mol. The third-order valence-electron chi connectivity index (χ3n) is 4.37. The van der Waals surface area contributed by atoms with Crippen molar-refractivity contribution in [2.24, 2.45) is 5.73 Å². The van der Waals surface area contributed by atoms with Gasteiger partial charge in [0.2, 0.25) is 5.91 Å². The molecule has 0 fully saturated rings. The Balaban J connectivity index is 0.00000392. The first-order valence-corrected chi connectivity index (χ1v) is 8.88. The Morgan fingerprint density at radius 2 is 1.57 bits per heavy atom. The second-order valence-electron chi connectivity index (χ2n) is 6.78. The van der Waals surface area contributed by atoms with E-state index in [0.717, 1.165) is 17.7 Å². The van der Waals surface area contributed by atoms with Gasteiger partial charge in [0.05, 0.1) is 0 Å². The van der Waals surface area contributed by atoms with Crippen LogP contribution in [0.25, 0.3) is 0 Å². The molecule has 28 heavy (non-hydrogen) atoms. The minimum atomic E-state index is -1.08. The molecule has 152 valence electrons. The van der Waals surface area contributed by atoms with Crippen LogP contribution in [0.15, 0.2) is 42.5 Å². The largest absolute Gasteiger partial charge is 0.354 e. The number of Topliss-reactive ketones (excluding diaryl/α,β-unsaturated/α-hetero) is 1. The Bertz CT molecular complexity index is 811. The van der Waals surface area contributed by atoms with E-state index in [-0.39, 0.29) is 49.3 Å². The lowest BCUT2D eigenvalue weighted by Crippen LogP contribution is -2.32. The van der Waals surface area contributed by atoms with Crippen molar-refractivity contribution in [1.82, 2.24) is 5.32 Å². The molecule has 0 aliphatic rings. The standard InChI is InChI=1S/C21H24F2N2O2.ClH/c1-13(2)14-3-5-15(6-4-14)19(24)12-25-21(27)10-9-20(26)16-7-8-17(22)18(23)11-16;/h3-8,11,13,19H,9-10,12,24H2,1-2H3,(H,25,27);1H. The number of carbonyl (C=O) groups excluding carboxylic acids is 2. The van der Waals surface area contributed by atoms with E-state index in [9.17, 15) is 18.4 Å². The van der Waals surface area contributed by atoms with Crippen LogP contribution in [0.4, 0.5) is 8.78 Å². The zero-order valence-corrected chi connectivity index (χ0v) is 16.7. The predicted octanol–water partition coefficient (Wildman–Crippen LogP) is 4.29. The fourth-order valence-electron chi connectivity index (χ4n) is 2.60. The molecule has 3 N–H and O–H groups in total. The molecule has 1 atom stereocenters. The normalized spacial score (nSPS) is 11.6. The number of amides is 1. The molecule has 0 saturated heterocycles. The molecule has 0 bridgehead atoms. The molecule has 2 rings (SSSR count). The van der Waals surface area contributed by atoms with Crippen LogP contribution in [0, 0.1) is 11.6 Å². The van der Waals surface area contributed by atoms with Crippen molar-refractivity contribution in [3.05, 3.63) is 70.8 Å². The average Bonchev–Trinajstić information content (AvgIpc) is 2.66. The van der Waals surface area contributed by atoms with Gasteiger partial charge in [-0.15, -0.1) is 12.4 Å². The molecule has 0 radical (unpaired) electrons. The van der Waals surface area contributed by atoms with Crippen molar-refractivity contribution < 1.29 is 18.4 Å². The van der Waals surface area contributed by atoms with Crippen molar-refractivity contribution in [1.29, 1.82) is 0 Å². The number of hydrogen-bond acceptors (Lipinski definition) is 3. The summed E-state index contributed by atoms with van der Waals surface area (Å²) in [7, 11) is 0. The number of ketones is 1. The smallest absolute Gasteiger partial charge is 0.220 e. The van der Waals surface area contributed by atoms with Crippen molar-refractivity contribution in [3.8, 4) is 0 Å². The van der Waals surface area contributed by atoms with Crippen molar-refractivity contribution in [2.75, 3.05) is 6.54 Å². The monoisotopic (exact) mass is 410 g/mol. The second kappa shape index (κ2) is 10.9. The van der Waals surface area contributed by atoms with E-state index in [2.05, 4.69) is 19.2 Å². The summed E-state index contributed by atoms with van der Waals surface area (Å²) in [6.45, 7) is 4.47. The van der Waals surface area contributed by atoms with Gasteiger partial charge in [-0.1, -0.05) is 38.1 Å². The maximum Gasteiger partial charge on any atom is 0.220 e. The highest BCUT2D eigenvalue weighted by molar-refractivity contribution is 5.97. The van der Waals surface area contributed by atoms with Crippen molar-refractivity contribution in [3.63, 3.8) is 0 Å². The third kappa shape index (κ3) is 6.69. The molecule has 0 aromatic heterocycles. The molecule has 0 saturated carbocycles. The Morgan fingerprint density at radius 1 is 0.964 bits per heavy atom. The van der Waals surface area contributed by atoms with Crippen LogP contribution >= 0.6 is 12.4 Å². The van der Waals surface area contributed by atoms with Gasteiger partial charge in [0.15, 0.2) is 17.4 Å². The number of nitrogens with two attached hydrogens (primary N) is 1. The fourth-order valence-corrected chi connectivity index (χ4v) is 2.60. The quantitative estimate of drug-likeness (QED) is 0.637. The molecule has 2 aromatic carbocycles. The molecule has 1 unspecified atom stereocenters. The zero-order valence-electron chi connectivity index (χ0n) is 15.9. The number of hydrogen-bond donors (Lipinski definition) is 2. The first-order valence-electron chi connectivity index (χ1n) is 8.88. The number of halogens is 3. The molecule has 2 aromatic rings. The Kier molecular flexibility index (Phi) is 9.22. The van der Waals surface area contributed by atoms with Crippen molar-refractivity contribution >= 4 is 24.1 Å². The maximum absolute atomic E-state index is 13.2. The Labute approximate surface area is 169 Å². The first-order chi connectivity index (χ1) is 12.8. The predicted molar refractivity (Wildman–Crippen MR) is 108 cm³/mol. The van der Waals surface area contributed by atoms with Crippen LogP contribution in [0.5, 0.6) is 0 Å². The van der Waals surface area contributed by atoms with Gasteiger partial charge in [0, 0.05) is 31.0 Å². The number of carbonyl (C=O) groups is 2. The van der Waals surface area contributed by atoms with Crippen LogP contribution in [0.2, 0.25) is 0 Å². The first kappa shape index (κ1) is 23.7. The van der Waals surface area contributed by atoms with Crippen LogP contribution < -0.4 is 11.1 Å². The van der Waals surface area contributed by atoms with Gasteiger partial charge in [-0.3, -0.25) is 9.59 Å². The lowest BCUT2D eigenvalue weighted by molar-refractivity contribution is -0.121. The van der Waals surface area contributed by atoms with Gasteiger partial charge >= 0.3 is 0 Å². The zero-order chi connectivity index (χ0) is 20.0. The third-order valence-corrected chi connectivity index (χ3v) is 4.37. The minimum Gasteiger partial charge on any atom is -0.354 e. The SMILES string of the molecule is CC(C)c1ccc(C(N)CNC(=O)CCC(=O)c2ccc(F)c(F)c2)cc1.Cl. The molecule has 0 spiro atoms. The highest BCUT2D eigenvalue weighted by atomic mass is 35.5. The van der Waals surface area contributed by atoms with Crippen LogP contribution in [-0.4, -0.2) is 18.2 Å². The van der Waals surface area contributed by atoms with Gasteiger partial charge in [-0.25, -0.2) is 8.78 Å². The van der Waals surface area contributed by atoms with Crippen LogP contribution in [0.3, 0.4) is 0 Å². The topological polar surface area (TPSA) is 72.2 Å². The molecule has 0 heterocycles. The van der Waals surface area contributed by atoms with Crippen LogP contribution in [-0.2, 0) is 4.79 Å². The van der Waals surface area contributed by atoms with Crippen molar-refractivity contribution in [2.45, 2.75) is 38.6 Å². The molecule has 4 nitrogen and oxygen atoms in total. The highest BCUT2D eigenvalue weighted by Crippen LogP contribution is 2.17. The summed E-state index contributed by atoms with van der Waals surface area (Å²) in [6.07, 6.45) is -0.133. The van der Waals surface area contributed by atoms with E-state index < -0.39 is 17.4 Å². The number of benzene rings is 2. The molecule has 7 heteroatoms. The molecule has 1 amide bonds. The summed E-state index contributed by atoms with van der Waals surface area (Å²) in [5.41, 5.74) is 8.26. The number of rotatable bonds is 8. The van der Waals surface area contributed by atoms with E-state index in [0.29, 0.717) is 5.92 Å². The fraction of sp³-hybridized carbons (Fsp3) is 0.333. The lowest BCUT2D eigenvalue weighted by atomic mass is 9.99. The lowest BCUT2D eigenvalue weighted by Gasteiger charge is -2.14. The maximum atomic E-state index is 13.2. The van der Waals surface area contributed by atoms with Gasteiger partial charge in [-0.2, -0.15) is 0 Å². The summed E-state index contributed by atoms with van der Waals surface area (Å²) in [5.74, 6) is -2.40. The molecular formula is C21H25ClF2N2O2. The summed E-state index contributed by atoms with van der Waals surface area (Å²) in [6, 6.07) is 10.5. The summed E-state index contributed by atoms with van der Waals surface area (Å²) in [5, 5.41) is 2.70. The molecule has 0 aliphatic carbocycles. The van der Waals surface area contributed by atoms with Gasteiger partial charge < -0.3 is 11.1 Å². The van der Waals surface area contributed by atoms with Gasteiger partial charge in [0.1, 0.15) is 0 Å². The van der Waals surface area contributed by atoms with E-state index in [1.807, 2.05) is 24.3 Å². The van der Waals surface area contributed by atoms with Gasteiger partial charge in [0.25, 0.3) is 0 Å². The Hall–Kier alpha value is -2.31. The second-order valence-corrected chi connectivity index (χ2v) is 6.78.